The number of halogens is 1. The molecule has 0 spiro atoms. The van der Waals surface area contributed by atoms with E-state index in [1.54, 1.807) is 12.1 Å². The van der Waals surface area contributed by atoms with Crippen molar-refractivity contribution < 1.29 is 9.72 Å². The van der Waals surface area contributed by atoms with Crippen molar-refractivity contribution in [2.75, 3.05) is 5.32 Å². The van der Waals surface area contributed by atoms with Crippen LogP contribution >= 0.6 is 15.9 Å². The summed E-state index contributed by atoms with van der Waals surface area (Å²) in [4.78, 5) is 23.2. The number of non-ortho nitro benzene ring substituents is 1. The molecule has 5 nitrogen and oxygen atoms in total. The summed E-state index contributed by atoms with van der Waals surface area (Å²) in [6, 6.07) is 13.8. The number of nitro groups is 1. The number of rotatable bonds is 4. The quantitative estimate of drug-likeness (QED) is 0.635. The van der Waals surface area contributed by atoms with Gasteiger partial charge in [-0.25, -0.2) is 0 Å². The summed E-state index contributed by atoms with van der Waals surface area (Å²) >= 11 is 3.40. The van der Waals surface area contributed by atoms with Crippen LogP contribution in [0.25, 0.3) is 0 Å². The van der Waals surface area contributed by atoms with E-state index in [0.717, 1.165) is 29.3 Å². The molecule has 0 aliphatic heterocycles. The normalized spacial score (nSPS) is 15.5. The molecule has 0 unspecified atom stereocenters. The number of benzene rings is 2. The fourth-order valence-corrected chi connectivity index (χ4v) is 3.16. The van der Waals surface area contributed by atoms with Crippen LogP contribution in [0.2, 0.25) is 0 Å². The topological polar surface area (TPSA) is 72.2 Å². The largest absolute Gasteiger partial charge is 0.325 e. The number of anilines is 1. The van der Waals surface area contributed by atoms with E-state index in [9.17, 15) is 14.9 Å². The van der Waals surface area contributed by atoms with Crippen LogP contribution < -0.4 is 5.32 Å². The smallest absolute Gasteiger partial charge is 0.271 e. The van der Waals surface area contributed by atoms with Gasteiger partial charge >= 0.3 is 0 Å². The van der Waals surface area contributed by atoms with E-state index in [-0.39, 0.29) is 11.6 Å². The van der Waals surface area contributed by atoms with Crippen molar-refractivity contribution in [1.82, 2.24) is 0 Å². The van der Waals surface area contributed by atoms with Crippen LogP contribution in [0, 0.1) is 10.1 Å². The van der Waals surface area contributed by atoms with Crippen LogP contribution in [-0.4, -0.2) is 10.8 Å². The van der Waals surface area contributed by atoms with Crippen LogP contribution in [0.1, 0.15) is 24.8 Å². The Hall–Kier alpha value is -2.21. The molecule has 0 heterocycles. The van der Waals surface area contributed by atoms with Crippen molar-refractivity contribution in [3.05, 3.63) is 68.7 Å². The van der Waals surface area contributed by atoms with Gasteiger partial charge in [-0.05, 0) is 36.6 Å². The van der Waals surface area contributed by atoms with Crippen molar-refractivity contribution in [1.29, 1.82) is 0 Å². The lowest BCUT2D eigenvalue weighted by molar-refractivity contribution is -0.384. The monoisotopic (exact) mass is 374 g/mol. The predicted octanol–water partition coefficient (Wildman–Crippen LogP) is 4.42. The Morgan fingerprint density at radius 2 is 1.87 bits per heavy atom. The minimum atomic E-state index is -0.536. The number of nitrogens with zero attached hydrogens (tertiary/aromatic N) is 1. The van der Waals surface area contributed by atoms with Crippen molar-refractivity contribution in [3.8, 4) is 0 Å². The third-order valence-electron chi connectivity index (χ3n) is 4.35. The van der Waals surface area contributed by atoms with Gasteiger partial charge in [0.15, 0.2) is 0 Å². The molecule has 0 radical (unpaired) electrons. The molecule has 0 aromatic heterocycles. The van der Waals surface area contributed by atoms with Gasteiger partial charge in [-0.3, -0.25) is 14.9 Å². The molecular weight excluding hydrogens is 360 g/mol. The van der Waals surface area contributed by atoms with Gasteiger partial charge < -0.3 is 5.32 Å². The van der Waals surface area contributed by atoms with Gasteiger partial charge in [0.25, 0.3) is 5.69 Å². The van der Waals surface area contributed by atoms with E-state index in [4.69, 9.17) is 0 Å². The molecule has 1 aliphatic rings. The molecule has 3 rings (SSSR count). The molecule has 0 saturated heterocycles. The highest BCUT2D eigenvalue weighted by Gasteiger charge is 2.45. The first kappa shape index (κ1) is 15.7. The summed E-state index contributed by atoms with van der Waals surface area (Å²) < 4.78 is 0.967. The molecule has 6 heteroatoms. The second-order valence-electron chi connectivity index (χ2n) is 5.70. The summed E-state index contributed by atoms with van der Waals surface area (Å²) in [6.45, 7) is 0. The van der Waals surface area contributed by atoms with E-state index >= 15 is 0 Å². The maximum atomic E-state index is 12.8. The van der Waals surface area contributed by atoms with Crippen molar-refractivity contribution in [2.45, 2.75) is 24.7 Å². The van der Waals surface area contributed by atoms with E-state index in [1.807, 2.05) is 24.3 Å². The number of amides is 1. The van der Waals surface area contributed by atoms with E-state index in [2.05, 4.69) is 21.2 Å². The van der Waals surface area contributed by atoms with Crippen LogP contribution in [0.3, 0.4) is 0 Å². The number of nitrogens with one attached hydrogen (secondary N) is 1. The molecule has 0 bridgehead atoms. The maximum absolute atomic E-state index is 12.8. The maximum Gasteiger partial charge on any atom is 0.271 e. The van der Waals surface area contributed by atoms with Gasteiger partial charge in [0.2, 0.25) is 5.91 Å². The zero-order chi connectivity index (χ0) is 16.4. The van der Waals surface area contributed by atoms with Crippen molar-refractivity contribution in [3.63, 3.8) is 0 Å². The molecule has 1 aliphatic carbocycles. The summed E-state index contributed by atoms with van der Waals surface area (Å²) in [7, 11) is 0. The minimum Gasteiger partial charge on any atom is -0.325 e. The van der Waals surface area contributed by atoms with Crippen LogP contribution in [0.15, 0.2) is 53.0 Å². The first-order valence-electron chi connectivity index (χ1n) is 7.33. The van der Waals surface area contributed by atoms with Crippen LogP contribution in [-0.2, 0) is 10.2 Å². The summed E-state index contributed by atoms with van der Waals surface area (Å²) in [5.74, 6) is -0.105. The van der Waals surface area contributed by atoms with Crippen LogP contribution in [0.4, 0.5) is 11.4 Å². The third kappa shape index (κ3) is 2.99. The summed E-state index contributed by atoms with van der Waals surface area (Å²) in [5.41, 5.74) is 0.863. The molecule has 2 aromatic carbocycles. The van der Waals surface area contributed by atoms with Gasteiger partial charge in [-0.15, -0.1) is 0 Å². The number of hydrogen-bond donors (Lipinski definition) is 1. The lowest BCUT2D eigenvalue weighted by Crippen LogP contribution is -2.46. The molecule has 0 atom stereocenters. The van der Waals surface area contributed by atoms with Gasteiger partial charge in [-0.1, -0.05) is 40.5 Å². The highest BCUT2D eigenvalue weighted by atomic mass is 79.9. The van der Waals surface area contributed by atoms with Crippen LogP contribution in [0.5, 0.6) is 0 Å². The zero-order valence-corrected chi connectivity index (χ0v) is 13.9. The Kier molecular flexibility index (Phi) is 4.17. The molecular formula is C17H15BrN2O3. The fraction of sp³-hybridized carbons (Fsp3) is 0.235. The Bertz CT molecular complexity index is 755. The zero-order valence-electron chi connectivity index (χ0n) is 12.3. The van der Waals surface area contributed by atoms with E-state index in [1.165, 1.54) is 12.1 Å². The Balaban J connectivity index is 1.85. The SMILES string of the molecule is O=C(Nc1cccc([N+](=O)[O-])c1)C1(c2ccc(Br)cc2)CCC1. The molecule has 1 amide bonds. The first-order chi connectivity index (χ1) is 11.0. The highest BCUT2D eigenvalue weighted by Crippen LogP contribution is 2.45. The Labute approximate surface area is 142 Å². The predicted molar refractivity (Wildman–Crippen MR) is 91.4 cm³/mol. The number of nitro benzene ring substituents is 1. The van der Waals surface area contributed by atoms with Gasteiger partial charge in [0.05, 0.1) is 10.3 Å². The van der Waals surface area contributed by atoms with Crippen molar-refractivity contribution >= 4 is 33.2 Å². The average Bonchev–Trinajstić information content (AvgIpc) is 2.48. The van der Waals surface area contributed by atoms with Gasteiger partial charge in [0, 0.05) is 22.3 Å². The fourth-order valence-electron chi connectivity index (χ4n) is 2.89. The average molecular weight is 375 g/mol. The lowest BCUT2D eigenvalue weighted by atomic mass is 9.64. The summed E-state index contributed by atoms with van der Waals surface area (Å²) in [5, 5.41) is 13.7. The van der Waals surface area contributed by atoms with E-state index in [0.29, 0.717) is 5.69 Å². The summed E-state index contributed by atoms with van der Waals surface area (Å²) in [6.07, 6.45) is 2.57. The second-order valence-corrected chi connectivity index (χ2v) is 6.62. The first-order valence-corrected chi connectivity index (χ1v) is 8.12. The van der Waals surface area contributed by atoms with Gasteiger partial charge in [-0.2, -0.15) is 0 Å². The molecule has 23 heavy (non-hydrogen) atoms. The third-order valence-corrected chi connectivity index (χ3v) is 4.88. The lowest BCUT2D eigenvalue weighted by Gasteiger charge is -2.40. The molecule has 1 fully saturated rings. The highest BCUT2D eigenvalue weighted by molar-refractivity contribution is 9.10. The Morgan fingerprint density at radius 1 is 1.17 bits per heavy atom. The number of carbonyl (C=O) groups excluding carboxylic acids is 1. The standard InChI is InChI=1S/C17H15BrN2O3/c18-13-7-5-12(6-8-13)17(9-2-10-17)16(21)19-14-3-1-4-15(11-14)20(22)23/h1,3-8,11H,2,9-10H2,(H,19,21). The molecule has 118 valence electrons. The van der Waals surface area contributed by atoms with E-state index < -0.39 is 10.3 Å². The Morgan fingerprint density at radius 3 is 2.43 bits per heavy atom. The van der Waals surface area contributed by atoms with Gasteiger partial charge in [0.1, 0.15) is 0 Å². The molecule has 1 N–H and O–H groups in total. The van der Waals surface area contributed by atoms with Crippen molar-refractivity contribution in [2.24, 2.45) is 0 Å². The second kappa shape index (κ2) is 6.12. The number of carbonyl (C=O) groups is 1. The minimum absolute atomic E-state index is 0.0332. The molecule has 2 aromatic rings. The number of hydrogen-bond acceptors (Lipinski definition) is 3. The molecule has 1 saturated carbocycles.